The highest BCUT2D eigenvalue weighted by Crippen LogP contribution is 2.30. The summed E-state index contributed by atoms with van der Waals surface area (Å²) in [5.41, 5.74) is 9.92. The lowest BCUT2D eigenvalue weighted by atomic mass is 10.1. The molecule has 3 heterocycles. The SMILES string of the molecule is CC(=N)c1c(NCc2ccccn2)cccc1NC(=O)c1csc2c(N)ncnc12. The van der Waals surface area contributed by atoms with E-state index in [1.54, 1.807) is 24.6 Å². The van der Waals surface area contributed by atoms with Crippen LogP contribution in [0.4, 0.5) is 17.2 Å². The summed E-state index contributed by atoms with van der Waals surface area (Å²) in [6, 6.07) is 11.2. The number of pyridine rings is 1. The molecule has 0 saturated carbocycles. The van der Waals surface area contributed by atoms with Gasteiger partial charge in [-0.05, 0) is 31.2 Å². The number of hydrogen-bond acceptors (Lipinski definition) is 8. The smallest absolute Gasteiger partial charge is 0.258 e. The maximum atomic E-state index is 13.0. The Bertz CT molecular complexity index is 1240. The highest BCUT2D eigenvalue weighted by Gasteiger charge is 2.18. The lowest BCUT2D eigenvalue weighted by molar-refractivity contribution is 0.102. The maximum Gasteiger partial charge on any atom is 0.258 e. The molecule has 30 heavy (non-hydrogen) atoms. The minimum absolute atomic E-state index is 0.316. The number of nitrogens with two attached hydrogens (primary N) is 1. The first-order valence-corrected chi connectivity index (χ1v) is 10.0. The molecule has 0 aliphatic rings. The van der Waals surface area contributed by atoms with Crippen LogP contribution < -0.4 is 16.4 Å². The molecule has 0 bridgehead atoms. The monoisotopic (exact) mass is 417 g/mol. The van der Waals surface area contributed by atoms with Gasteiger partial charge >= 0.3 is 0 Å². The van der Waals surface area contributed by atoms with Gasteiger partial charge in [0.25, 0.3) is 5.91 Å². The Kier molecular flexibility index (Phi) is 5.36. The predicted octanol–water partition coefficient (Wildman–Crippen LogP) is 3.92. The molecule has 0 spiro atoms. The summed E-state index contributed by atoms with van der Waals surface area (Å²) < 4.78 is 0.678. The summed E-state index contributed by atoms with van der Waals surface area (Å²) in [7, 11) is 0. The molecule has 8 nitrogen and oxygen atoms in total. The van der Waals surface area contributed by atoms with Crippen LogP contribution in [0.5, 0.6) is 0 Å². The number of aromatic nitrogens is 3. The zero-order valence-electron chi connectivity index (χ0n) is 16.1. The van der Waals surface area contributed by atoms with Crippen molar-refractivity contribution in [1.82, 2.24) is 15.0 Å². The third-order valence-corrected chi connectivity index (χ3v) is 5.49. The summed E-state index contributed by atoms with van der Waals surface area (Å²) >= 11 is 1.33. The van der Waals surface area contributed by atoms with E-state index in [2.05, 4.69) is 25.6 Å². The molecule has 0 atom stereocenters. The minimum Gasteiger partial charge on any atom is -0.382 e. The first kappa shape index (κ1) is 19.5. The van der Waals surface area contributed by atoms with Crippen molar-refractivity contribution in [2.24, 2.45) is 0 Å². The van der Waals surface area contributed by atoms with Gasteiger partial charge in [-0.1, -0.05) is 12.1 Å². The molecule has 3 aromatic heterocycles. The highest BCUT2D eigenvalue weighted by molar-refractivity contribution is 7.18. The molecule has 150 valence electrons. The van der Waals surface area contributed by atoms with Crippen LogP contribution >= 0.6 is 11.3 Å². The summed E-state index contributed by atoms with van der Waals surface area (Å²) in [4.78, 5) is 25.4. The fourth-order valence-corrected chi connectivity index (χ4v) is 4.02. The lowest BCUT2D eigenvalue weighted by Gasteiger charge is -2.16. The topological polar surface area (TPSA) is 130 Å². The van der Waals surface area contributed by atoms with Crippen LogP contribution in [-0.2, 0) is 6.54 Å². The van der Waals surface area contributed by atoms with E-state index >= 15 is 0 Å². The van der Waals surface area contributed by atoms with Gasteiger partial charge < -0.3 is 21.8 Å². The molecule has 0 fully saturated rings. The Morgan fingerprint density at radius 2 is 1.97 bits per heavy atom. The van der Waals surface area contributed by atoms with E-state index in [0.717, 1.165) is 11.4 Å². The fraction of sp³-hybridized carbons (Fsp3) is 0.0952. The first-order valence-electron chi connectivity index (χ1n) is 9.16. The third kappa shape index (κ3) is 3.83. The second kappa shape index (κ2) is 8.26. The third-order valence-electron chi connectivity index (χ3n) is 4.50. The van der Waals surface area contributed by atoms with E-state index in [0.29, 0.717) is 45.1 Å². The molecule has 0 unspecified atom stereocenters. The van der Waals surface area contributed by atoms with Crippen LogP contribution in [0.1, 0.15) is 28.5 Å². The van der Waals surface area contributed by atoms with Crippen molar-refractivity contribution in [3.8, 4) is 0 Å². The summed E-state index contributed by atoms with van der Waals surface area (Å²) in [5, 5.41) is 16.2. The van der Waals surface area contributed by atoms with Crippen molar-refractivity contribution in [3.63, 3.8) is 0 Å². The van der Waals surface area contributed by atoms with Crippen LogP contribution in [0, 0.1) is 5.41 Å². The Balaban J connectivity index is 1.62. The largest absolute Gasteiger partial charge is 0.382 e. The molecule has 0 aliphatic carbocycles. The fourth-order valence-electron chi connectivity index (χ4n) is 3.12. The van der Waals surface area contributed by atoms with E-state index in [-0.39, 0.29) is 5.91 Å². The molecular weight excluding hydrogens is 398 g/mol. The van der Waals surface area contributed by atoms with Crippen LogP contribution in [0.15, 0.2) is 54.3 Å². The summed E-state index contributed by atoms with van der Waals surface area (Å²) in [6.45, 7) is 2.19. The Labute approximate surface area is 176 Å². The van der Waals surface area contributed by atoms with E-state index in [1.165, 1.54) is 17.7 Å². The normalized spacial score (nSPS) is 10.7. The molecule has 4 aromatic rings. The predicted molar refractivity (Wildman–Crippen MR) is 120 cm³/mol. The van der Waals surface area contributed by atoms with Gasteiger partial charge in [0.05, 0.1) is 33.7 Å². The molecule has 4 rings (SSSR count). The Morgan fingerprint density at radius 3 is 2.73 bits per heavy atom. The number of nitrogens with one attached hydrogen (secondary N) is 3. The number of benzene rings is 1. The van der Waals surface area contributed by atoms with Gasteiger partial charge in [0.2, 0.25) is 0 Å². The van der Waals surface area contributed by atoms with E-state index < -0.39 is 0 Å². The highest BCUT2D eigenvalue weighted by atomic mass is 32.1. The van der Waals surface area contributed by atoms with E-state index in [1.807, 2.05) is 30.3 Å². The molecular formula is C21H19N7OS. The van der Waals surface area contributed by atoms with Crippen molar-refractivity contribution < 1.29 is 4.79 Å². The van der Waals surface area contributed by atoms with Gasteiger partial charge in [-0.2, -0.15) is 0 Å². The zero-order chi connectivity index (χ0) is 21.1. The minimum atomic E-state index is -0.316. The van der Waals surface area contributed by atoms with Crippen molar-refractivity contribution >= 4 is 50.4 Å². The second-order valence-corrected chi connectivity index (χ2v) is 7.45. The standard InChI is InChI=1S/C21H19N7OS/c1-12(22)17-15(25-9-13-5-2-3-8-24-13)6-4-7-16(17)28-21(29)14-10-30-19-18(14)26-11-27-20(19)23/h2-8,10-11,22,25H,9H2,1H3,(H,28,29)(H2,23,26,27). The number of rotatable bonds is 6. The Morgan fingerprint density at radius 1 is 1.13 bits per heavy atom. The van der Waals surface area contributed by atoms with Crippen LogP contribution in [-0.4, -0.2) is 26.6 Å². The number of carbonyl (C=O) groups is 1. The number of thiophene rings is 1. The number of nitrogen functional groups attached to an aromatic ring is 1. The number of fused-ring (bicyclic) bond motifs is 1. The van der Waals surface area contributed by atoms with Crippen molar-refractivity contribution in [1.29, 1.82) is 5.41 Å². The number of nitrogens with zero attached hydrogens (tertiary/aromatic N) is 3. The second-order valence-electron chi connectivity index (χ2n) is 6.57. The van der Waals surface area contributed by atoms with Crippen LogP contribution in [0.3, 0.4) is 0 Å². The number of amides is 1. The molecule has 0 radical (unpaired) electrons. The van der Waals surface area contributed by atoms with Crippen molar-refractivity contribution in [2.45, 2.75) is 13.5 Å². The number of anilines is 3. The van der Waals surface area contributed by atoms with Gasteiger partial charge in [-0.15, -0.1) is 11.3 Å². The van der Waals surface area contributed by atoms with Gasteiger partial charge in [-0.3, -0.25) is 9.78 Å². The number of hydrogen-bond donors (Lipinski definition) is 4. The summed E-state index contributed by atoms with van der Waals surface area (Å²) in [5.74, 6) is 0.0320. The number of carbonyl (C=O) groups excluding carboxylic acids is 1. The Hall–Kier alpha value is -3.85. The van der Waals surface area contributed by atoms with Gasteiger partial charge in [0.1, 0.15) is 12.1 Å². The summed E-state index contributed by atoms with van der Waals surface area (Å²) in [6.07, 6.45) is 3.08. The van der Waals surface area contributed by atoms with Crippen molar-refractivity contribution in [3.05, 3.63) is 71.1 Å². The molecule has 0 aliphatic heterocycles. The molecule has 1 amide bonds. The van der Waals surface area contributed by atoms with Gasteiger partial charge in [-0.25, -0.2) is 9.97 Å². The lowest BCUT2D eigenvalue weighted by Crippen LogP contribution is -2.16. The van der Waals surface area contributed by atoms with E-state index in [9.17, 15) is 4.79 Å². The maximum absolute atomic E-state index is 13.0. The van der Waals surface area contributed by atoms with Crippen molar-refractivity contribution in [2.75, 3.05) is 16.4 Å². The molecule has 5 N–H and O–H groups in total. The van der Waals surface area contributed by atoms with E-state index in [4.69, 9.17) is 11.1 Å². The molecule has 0 saturated heterocycles. The zero-order valence-corrected chi connectivity index (χ0v) is 17.0. The van der Waals surface area contributed by atoms with Crippen LogP contribution in [0.25, 0.3) is 10.2 Å². The average Bonchev–Trinajstić information content (AvgIpc) is 3.18. The average molecular weight is 417 g/mol. The first-order chi connectivity index (χ1) is 14.5. The van der Waals surface area contributed by atoms with Gasteiger partial charge in [0.15, 0.2) is 0 Å². The van der Waals surface area contributed by atoms with Crippen LogP contribution in [0.2, 0.25) is 0 Å². The quantitative estimate of drug-likeness (QED) is 0.352. The molecule has 1 aromatic carbocycles. The molecule has 9 heteroatoms. The van der Waals surface area contributed by atoms with Gasteiger partial charge in [0, 0.05) is 28.5 Å².